The summed E-state index contributed by atoms with van der Waals surface area (Å²) in [6.07, 6.45) is 1.20. The number of aliphatic imine (C=N–C) groups is 1. The molecule has 0 amide bonds. The number of rotatable bonds is 8. The summed E-state index contributed by atoms with van der Waals surface area (Å²) in [6, 6.07) is 4.42. The quantitative estimate of drug-likeness (QED) is 0.565. The maximum absolute atomic E-state index is 5.63. The molecule has 0 bridgehead atoms. The van der Waals surface area contributed by atoms with Gasteiger partial charge in [0.2, 0.25) is 5.75 Å². The van der Waals surface area contributed by atoms with E-state index in [4.69, 9.17) is 14.2 Å². The van der Waals surface area contributed by atoms with Gasteiger partial charge in [-0.2, -0.15) is 0 Å². The molecule has 0 heterocycles. The van der Waals surface area contributed by atoms with Crippen LogP contribution >= 0.6 is 0 Å². The number of hydrogen-bond acceptors (Lipinski definition) is 4. The number of nitrogens with zero attached hydrogens (tertiary/aromatic N) is 1. The molecule has 6 nitrogen and oxygen atoms in total. The lowest BCUT2D eigenvalue weighted by Crippen LogP contribution is -2.39. The molecule has 2 N–H and O–H groups in total. The Balaban J connectivity index is 2.16. The van der Waals surface area contributed by atoms with Crippen LogP contribution in [0, 0.1) is 5.92 Å². The Morgan fingerprint density at radius 2 is 1.83 bits per heavy atom. The third-order valence-electron chi connectivity index (χ3n) is 4.00. The highest BCUT2D eigenvalue weighted by molar-refractivity contribution is 5.80. The summed E-state index contributed by atoms with van der Waals surface area (Å²) in [6.45, 7) is 8.17. The SMILES string of the molecule is CCNC(=NCc1cc(OC)c(OCC)c(OC)c1)NC1CC1C. The smallest absolute Gasteiger partial charge is 0.203 e. The Morgan fingerprint density at radius 1 is 1.21 bits per heavy atom. The van der Waals surface area contributed by atoms with Gasteiger partial charge in [0.25, 0.3) is 0 Å². The fraction of sp³-hybridized carbons (Fsp3) is 0.611. The lowest BCUT2D eigenvalue weighted by atomic mass is 10.2. The van der Waals surface area contributed by atoms with Crippen molar-refractivity contribution in [1.29, 1.82) is 0 Å². The zero-order chi connectivity index (χ0) is 17.5. The molecule has 1 aliphatic rings. The van der Waals surface area contributed by atoms with Crippen LogP contribution in [0.25, 0.3) is 0 Å². The molecule has 0 aliphatic heterocycles. The molecular formula is C18H29N3O3. The van der Waals surface area contributed by atoms with E-state index in [0.29, 0.717) is 36.4 Å². The van der Waals surface area contributed by atoms with Gasteiger partial charge in [0, 0.05) is 12.6 Å². The highest BCUT2D eigenvalue weighted by Crippen LogP contribution is 2.38. The van der Waals surface area contributed by atoms with E-state index in [9.17, 15) is 0 Å². The minimum Gasteiger partial charge on any atom is -0.493 e. The van der Waals surface area contributed by atoms with E-state index in [1.807, 2.05) is 19.1 Å². The van der Waals surface area contributed by atoms with Gasteiger partial charge in [0.15, 0.2) is 17.5 Å². The van der Waals surface area contributed by atoms with Crippen molar-refractivity contribution < 1.29 is 14.2 Å². The van der Waals surface area contributed by atoms with Crippen LogP contribution < -0.4 is 24.8 Å². The van der Waals surface area contributed by atoms with Gasteiger partial charge in [0.1, 0.15) is 0 Å². The molecule has 24 heavy (non-hydrogen) atoms. The second-order valence-electron chi connectivity index (χ2n) is 5.92. The standard InChI is InChI=1S/C18H29N3O3/c1-6-19-18(21-14-8-12(14)3)20-11-13-9-15(22-4)17(24-7-2)16(10-13)23-5/h9-10,12,14H,6-8,11H2,1-5H3,(H2,19,20,21). The highest BCUT2D eigenvalue weighted by atomic mass is 16.5. The first-order valence-electron chi connectivity index (χ1n) is 8.55. The molecule has 0 saturated heterocycles. The summed E-state index contributed by atoms with van der Waals surface area (Å²) in [5, 5.41) is 6.74. The minimum atomic E-state index is 0.534. The lowest BCUT2D eigenvalue weighted by molar-refractivity contribution is 0.288. The van der Waals surface area contributed by atoms with E-state index in [1.165, 1.54) is 6.42 Å². The van der Waals surface area contributed by atoms with Crippen molar-refractivity contribution >= 4 is 5.96 Å². The van der Waals surface area contributed by atoms with Crippen LogP contribution in [0.1, 0.15) is 32.8 Å². The first-order valence-corrected chi connectivity index (χ1v) is 8.55. The Labute approximate surface area is 144 Å². The van der Waals surface area contributed by atoms with Crippen LogP contribution in [0.5, 0.6) is 17.2 Å². The monoisotopic (exact) mass is 335 g/mol. The van der Waals surface area contributed by atoms with Crippen LogP contribution in [-0.4, -0.2) is 39.4 Å². The van der Waals surface area contributed by atoms with Gasteiger partial charge in [-0.3, -0.25) is 0 Å². The molecular weight excluding hydrogens is 306 g/mol. The molecule has 6 heteroatoms. The van der Waals surface area contributed by atoms with Gasteiger partial charge in [0.05, 0.1) is 27.4 Å². The summed E-state index contributed by atoms with van der Waals surface area (Å²) in [5.41, 5.74) is 1.01. The number of nitrogens with one attached hydrogen (secondary N) is 2. The summed E-state index contributed by atoms with van der Waals surface area (Å²) >= 11 is 0. The summed E-state index contributed by atoms with van der Waals surface area (Å²) < 4.78 is 16.5. The number of ether oxygens (including phenoxy) is 3. The average Bonchev–Trinajstić information content (AvgIpc) is 3.28. The summed E-state index contributed by atoms with van der Waals surface area (Å²) in [7, 11) is 3.26. The molecule has 2 unspecified atom stereocenters. The third kappa shape index (κ3) is 4.69. The van der Waals surface area contributed by atoms with E-state index in [0.717, 1.165) is 24.0 Å². The third-order valence-corrected chi connectivity index (χ3v) is 4.00. The van der Waals surface area contributed by atoms with Gasteiger partial charge < -0.3 is 24.8 Å². The molecule has 1 aromatic carbocycles. The van der Waals surface area contributed by atoms with E-state index in [2.05, 4.69) is 29.5 Å². The Kier molecular flexibility index (Phi) is 6.58. The summed E-state index contributed by atoms with van der Waals surface area (Å²) in [4.78, 5) is 4.67. The van der Waals surface area contributed by atoms with Crippen LogP contribution in [-0.2, 0) is 6.54 Å². The molecule has 1 aromatic rings. The second kappa shape index (κ2) is 8.66. The van der Waals surface area contributed by atoms with E-state index >= 15 is 0 Å². The number of guanidine groups is 1. The molecule has 1 saturated carbocycles. The minimum absolute atomic E-state index is 0.534. The molecule has 0 spiro atoms. The lowest BCUT2D eigenvalue weighted by Gasteiger charge is -2.15. The van der Waals surface area contributed by atoms with Crippen LogP contribution in [0.2, 0.25) is 0 Å². The van der Waals surface area contributed by atoms with Crippen molar-refractivity contribution in [3.05, 3.63) is 17.7 Å². The maximum atomic E-state index is 5.63. The van der Waals surface area contributed by atoms with Crippen molar-refractivity contribution in [2.75, 3.05) is 27.4 Å². The second-order valence-corrected chi connectivity index (χ2v) is 5.92. The molecule has 2 atom stereocenters. The van der Waals surface area contributed by atoms with Crippen molar-refractivity contribution in [3.63, 3.8) is 0 Å². The molecule has 2 rings (SSSR count). The van der Waals surface area contributed by atoms with Crippen molar-refractivity contribution in [1.82, 2.24) is 10.6 Å². The first-order chi connectivity index (χ1) is 11.6. The largest absolute Gasteiger partial charge is 0.493 e. The average molecular weight is 335 g/mol. The summed E-state index contributed by atoms with van der Waals surface area (Å²) in [5.74, 6) is 3.52. The van der Waals surface area contributed by atoms with Crippen molar-refractivity contribution in [2.24, 2.45) is 10.9 Å². The molecule has 0 aromatic heterocycles. The number of methoxy groups -OCH3 is 2. The zero-order valence-electron chi connectivity index (χ0n) is 15.3. The highest BCUT2D eigenvalue weighted by Gasteiger charge is 2.33. The predicted molar refractivity (Wildman–Crippen MR) is 96.2 cm³/mol. The fourth-order valence-electron chi connectivity index (χ4n) is 2.50. The van der Waals surface area contributed by atoms with Crippen molar-refractivity contribution in [3.8, 4) is 17.2 Å². The Bertz CT molecular complexity index is 550. The van der Waals surface area contributed by atoms with E-state index < -0.39 is 0 Å². The van der Waals surface area contributed by atoms with Crippen molar-refractivity contribution in [2.45, 2.75) is 39.8 Å². The molecule has 0 radical (unpaired) electrons. The van der Waals surface area contributed by atoms with Gasteiger partial charge in [-0.15, -0.1) is 0 Å². The van der Waals surface area contributed by atoms with E-state index in [-0.39, 0.29) is 0 Å². The zero-order valence-corrected chi connectivity index (χ0v) is 15.3. The van der Waals surface area contributed by atoms with Crippen LogP contribution in [0.4, 0.5) is 0 Å². The topological polar surface area (TPSA) is 64.1 Å². The van der Waals surface area contributed by atoms with Gasteiger partial charge in [-0.1, -0.05) is 6.92 Å². The van der Waals surface area contributed by atoms with Gasteiger partial charge in [-0.25, -0.2) is 4.99 Å². The Hall–Kier alpha value is -2.11. The Morgan fingerprint density at radius 3 is 2.29 bits per heavy atom. The molecule has 134 valence electrons. The molecule has 1 fully saturated rings. The van der Waals surface area contributed by atoms with Crippen LogP contribution in [0.15, 0.2) is 17.1 Å². The number of benzene rings is 1. The fourth-order valence-corrected chi connectivity index (χ4v) is 2.50. The van der Waals surface area contributed by atoms with Gasteiger partial charge >= 0.3 is 0 Å². The molecule has 1 aliphatic carbocycles. The predicted octanol–water partition coefficient (Wildman–Crippen LogP) is 2.57. The van der Waals surface area contributed by atoms with Gasteiger partial charge in [-0.05, 0) is 43.9 Å². The normalized spacial score (nSPS) is 19.6. The number of hydrogen-bond donors (Lipinski definition) is 2. The van der Waals surface area contributed by atoms with E-state index in [1.54, 1.807) is 14.2 Å². The maximum Gasteiger partial charge on any atom is 0.203 e. The first kappa shape index (κ1) is 18.2. The van der Waals surface area contributed by atoms with Crippen LogP contribution in [0.3, 0.4) is 0 Å².